The van der Waals surface area contributed by atoms with Crippen molar-refractivity contribution < 1.29 is 14.6 Å². The van der Waals surface area contributed by atoms with Gasteiger partial charge in [0, 0.05) is 13.0 Å². The van der Waals surface area contributed by atoms with E-state index in [1.807, 2.05) is 0 Å². The van der Waals surface area contributed by atoms with Gasteiger partial charge in [-0.25, -0.2) is 0 Å². The molecule has 0 aromatic heterocycles. The van der Waals surface area contributed by atoms with E-state index >= 15 is 0 Å². The van der Waals surface area contributed by atoms with Crippen molar-refractivity contribution in [2.75, 3.05) is 6.61 Å². The summed E-state index contributed by atoms with van der Waals surface area (Å²) >= 11 is 0. The van der Waals surface area contributed by atoms with Gasteiger partial charge in [-0.2, -0.15) is 0 Å². The van der Waals surface area contributed by atoms with E-state index in [0.717, 1.165) is 32.3 Å². The van der Waals surface area contributed by atoms with Gasteiger partial charge >= 0.3 is 5.97 Å². The molecule has 106 valence electrons. The molecule has 0 aliphatic carbocycles. The summed E-state index contributed by atoms with van der Waals surface area (Å²) in [6.45, 7) is 9.39. The highest BCUT2D eigenvalue weighted by molar-refractivity contribution is 5.67. The fourth-order valence-corrected chi connectivity index (χ4v) is 2.96. The predicted octanol–water partition coefficient (Wildman–Crippen LogP) is 3.72. The fourth-order valence-electron chi connectivity index (χ4n) is 2.96. The van der Waals surface area contributed by atoms with Gasteiger partial charge < -0.3 is 9.84 Å². The number of aliphatic carboxylic acids is 1. The van der Waals surface area contributed by atoms with E-state index in [9.17, 15) is 4.79 Å². The topological polar surface area (TPSA) is 46.5 Å². The summed E-state index contributed by atoms with van der Waals surface area (Å²) in [4.78, 5) is 11.0. The summed E-state index contributed by atoms with van der Waals surface area (Å²) in [6, 6.07) is 0. The van der Waals surface area contributed by atoms with Crippen LogP contribution in [-0.2, 0) is 9.53 Å². The number of carboxylic acid groups (broad SMARTS) is 1. The monoisotopic (exact) mass is 256 g/mol. The third-order valence-electron chi connectivity index (χ3n) is 3.95. The smallest absolute Gasteiger partial charge is 0.303 e. The lowest BCUT2D eigenvalue weighted by atomic mass is 9.76. The molecule has 0 radical (unpaired) electrons. The lowest BCUT2D eigenvalue weighted by Gasteiger charge is -2.39. The van der Waals surface area contributed by atoms with Crippen molar-refractivity contribution in [1.82, 2.24) is 0 Å². The highest BCUT2D eigenvalue weighted by atomic mass is 16.5. The zero-order valence-corrected chi connectivity index (χ0v) is 12.2. The third kappa shape index (κ3) is 5.38. The highest BCUT2D eigenvalue weighted by Gasteiger charge is 2.34. The first-order valence-electron chi connectivity index (χ1n) is 7.16. The van der Waals surface area contributed by atoms with Crippen LogP contribution in [0.25, 0.3) is 0 Å². The Morgan fingerprint density at radius 3 is 2.56 bits per heavy atom. The van der Waals surface area contributed by atoms with Crippen molar-refractivity contribution in [3.8, 4) is 0 Å². The molecule has 1 aliphatic heterocycles. The maximum absolute atomic E-state index is 11.0. The van der Waals surface area contributed by atoms with Gasteiger partial charge in [0.2, 0.25) is 0 Å². The molecule has 1 rings (SSSR count). The van der Waals surface area contributed by atoms with Crippen molar-refractivity contribution >= 4 is 5.97 Å². The van der Waals surface area contributed by atoms with Gasteiger partial charge in [0.25, 0.3) is 0 Å². The Morgan fingerprint density at radius 1 is 1.39 bits per heavy atom. The average Bonchev–Trinajstić information content (AvgIpc) is 2.22. The summed E-state index contributed by atoms with van der Waals surface area (Å²) in [5.41, 5.74) is -0.0858. The molecule has 1 saturated heterocycles. The Bertz CT molecular complexity index is 271. The van der Waals surface area contributed by atoms with Gasteiger partial charge in [0.15, 0.2) is 0 Å². The normalized spacial score (nSPS) is 25.1. The lowest BCUT2D eigenvalue weighted by Crippen LogP contribution is -2.37. The Labute approximate surface area is 111 Å². The molecule has 3 heteroatoms. The van der Waals surface area contributed by atoms with Gasteiger partial charge in [-0.3, -0.25) is 4.79 Å². The molecule has 0 aromatic rings. The molecule has 3 nitrogen and oxygen atoms in total. The number of ether oxygens (including phenoxy) is 1. The molecule has 1 aliphatic rings. The van der Waals surface area contributed by atoms with Crippen LogP contribution in [0.1, 0.15) is 59.8 Å². The molecular formula is C15H28O3. The molecule has 0 amide bonds. The van der Waals surface area contributed by atoms with Crippen LogP contribution in [0.5, 0.6) is 0 Å². The Balaban J connectivity index is 2.60. The van der Waals surface area contributed by atoms with Crippen LogP contribution >= 0.6 is 0 Å². The van der Waals surface area contributed by atoms with E-state index in [-0.39, 0.29) is 5.60 Å². The maximum atomic E-state index is 11.0. The predicted molar refractivity (Wildman–Crippen MR) is 72.6 cm³/mol. The molecule has 0 saturated carbocycles. The molecule has 1 fully saturated rings. The molecule has 1 N–H and O–H groups in total. The number of carboxylic acids is 1. The van der Waals surface area contributed by atoms with Crippen LogP contribution in [0.15, 0.2) is 0 Å². The Morgan fingerprint density at radius 2 is 2.06 bits per heavy atom. The molecule has 1 heterocycles. The van der Waals surface area contributed by atoms with Crippen LogP contribution < -0.4 is 0 Å². The van der Waals surface area contributed by atoms with Crippen molar-refractivity contribution in [3.63, 3.8) is 0 Å². The van der Waals surface area contributed by atoms with Crippen LogP contribution in [0.4, 0.5) is 0 Å². The minimum absolute atomic E-state index is 0.0858. The standard InChI is InChI=1S/C15H28O3/c1-11(2)5-6-12(9-14(16)17)13-7-8-18-15(3,4)10-13/h11-13H,5-10H2,1-4H3,(H,16,17)/t12-,13-/m0/s1. The van der Waals surface area contributed by atoms with Crippen molar-refractivity contribution in [2.24, 2.45) is 17.8 Å². The second kappa shape index (κ2) is 6.55. The second-order valence-electron chi connectivity index (χ2n) is 6.69. The summed E-state index contributed by atoms with van der Waals surface area (Å²) in [5.74, 6) is 0.805. The minimum atomic E-state index is -0.659. The molecule has 0 unspecified atom stereocenters. The largest absolute Gasteiger partial charge is 0.481 e. The second-order valence-corrected chi connectivity index (χ2v) is 6.69. The van der Waals surface area contributed by atoms with Crippen molar-refractivity contribution in [1.29, 1.82) is 0 Å². The van der Waals surface area contributed by atoms with Gasteiger partial charge in [-0.1, -0.05) is 20.3 Å². The van der Waals surface area contributed by atoms with Crippen LogP contribution in [0.2, 0.25) is 0 Å². The van der Waals surface area contributed by atoms with E-state index in [0.29, 0.717) is 24.2 Å². The van der Waals surface area contributed by atoms with Crippen molar-refractivity contribution in [3.05, 3.63) is 0 Å². The maximum Gasteiger partial charge on any atom is 0.303 e. The molecule has 0 aromatic carbocycles. The van der Waals surface area contributed by atoms with Crippen molar-refractivity contribution in [2.45, 2.75) is 65.4 Å². The first-order chi connectivity index (χ1) is 8.30. The molecule has 0 spiro atoms. The number of rotatable bonds is 6. The highest BCUT2D eigenvalue weighted by Crippen LogP contribution is 2.37. The van der Waals surface area contributed by atoms with Crippen LogP contribution in [-0.4, -0.2) is 23.3 Å². The minimum Gasteiger partial charge on any atom is -0.481 e. The summed E-state index contributed by atoms with van der Waals surface area (Å²) in [5, 5.41) is 9.08. The van der Waals surface area contributed by atoms with Gasteiger partial charge in [-0.05, 0) is 50.9 Å². The van der Waals surface area contributed by atoms with Crippen LogP contribution in [0.3, 0.4) is 0 Å². The molecule has 18 heavy (non-hydrogen) atoms. The van der Waals surface area contributed by atoms with E-state index in [1.165, 1.54) is 0 Å². The zero-order valence-electron chi connectivity index (χ0n) is 12.2. The zero-order chi connectivity index (χ0) is 13.8. The fraction of sp³-hybridized carbons (Fsp3) is 0.933. The van der Waals surface area contributed by atoms with Gasteiger partial charge in [0.1, 0.15) is 0 Å². The van der Waals surface area contributed by atoms with Gasteiger partial charge in [-0.15, -0.1) is 0 Å². The van der Waals surface area contributed by atoms with Gasteiger partial charge in [0.05, 0.1) is 5.60 Å². The average molecular weight is 256 g/mol. The first-order valence-corrected chi connectivity index (χ1v) is 7.16. The third-order valence-corrected chi connectivity index (χ3v) is 3.95. The molecular weight excluding hydrogens is 228 g/mol. The van der Waals surface area contributed by atoms with E-state index in [4.69, 9.17) is 9.84 Å². The molecule has 0 bridgehead atoms. The molecule has 2 atom stereocenters. The summed E-state index contributed by atoms with van der Waals surface area (Å²) in [7, 11) is 0. The number of carbonyl (C=O) groups is 1. The number of hydrogen-bond donors (Lipinski definition) is 1. The first kappa shape index (κ1) is 15.5. The number of hydrogen-bond acceptors (Lipinski definition) is 2. The quantitative estimate of drug-likeness (QED) is 0.788. The van der Waals surface area contributed by atoms with Crippen LogP contribution in [0, 0.1) is 17.8 Å². The summed E-state index contributed by atoms with van der Waals surface area (Å²) < 4.78 is 5.73. The Hall–Kier alpha value is -0.570. The lowest BCUT2D eigenvalue weighted by molar-refractivity contribution is -0.140. The Kier molecular flexibility index (Phi) is 5.64. The summed E-state index contributed by atoms with van der Waals surface area (Å²) in [6.07, 6.45) is 4.47. The van der Waals surface area contributed by atoms with E-state index < -0.39 is 5.97 Å². The van der Waals surface area contributed by atoms with E-state index in [1.54, 1.807) is 0 Å². The van der Waals surface area contributed by atoms with E-state index in [2.05, 4.69) is 27.7 Å². The SMILES string of the molecule is CC(C)CC[C@@H](CC(=O)O)[C@H]1CCOC(C)(C)C1.